The number of ketones is 1. The number of benzene rings is 1. The minimum atomic E-state index is 0.322. The fourth-order valence-corrected chi connectivity index (χ4v) is 2.04. The summed E-state index contributed by atoms with van der Waals surface area (Å²) in [5.74, 6) is 0.322. The molecular formula is C13H14N2O. The van der Waals surface area contributed by atoms with E-state index in [0.29, 0.717) is 24.3 Å². The second-order valence-electron chi connectivity index (χ2n) is 4.17. The van der Waals surface area contributed by atoms with Crippen LogP contribution in [-0.2, 0) is 11.3 Å². The van der Waals surface area contributed by atoms with Crippen molar-refractivity contribution in [2.75, 3.05) is 13.1 Å². The fourth-order valence-electron chi connectivity index (χ4n) is 2.04. The van der Waals surface area contributed by atoms with Gasteiger partial charge < -0.3 is 0 Å². The van der Waals surface area contributed by atoms with Crippen molar-refractivity contribution in [3.63, 3.8) is 0 Å². The summed E-state index contributed by atoms with van der Waals surface area (Å²) in [5, 5.41) is 8.79. The van der Waals surface area contributed by atoms with Crippen LogP contribution in [-0.4, -0.2) is 23.8 Å². The van der Waals surface area contributed by atoms with E-state index in [4.69, 9.17) is 5.26 Å². The van der Waals surface area contributed by atoms with Crippen molar-refractivity contribution in [3.05, 3.63) is 35.4 Å². The Kier molecular flexibility index (Phi) is 3.33. The first kappa shape index (κ1) is 10.8. The van der Waals surface area contributed by atoms with E-state index in [1.54, 1.807) is 6.07 Å². The second-order valence-corrected chi connectivity index (χ2v) is 4.17. The van der Waals surface area contributed by atoms with Crippen LogP contribution in [0.5, 0.6) is 0 Å². The lowest BCUT2D eigenvalue weighted by Gasteiger charge is -2.25. The van der Waals surface area contributed by atoms with E-state index in [-0.39, 0.29) is 0 Å². The van der Waals surface area contributed by atoms with Gasteiger partial charge in [-0.05, 0) is 30.7 Å². The van der Waals surface area contributed by atoms with Gasteiger partial charge in [0, 0.05) is 13.0 Å². The van der Waals surface area contributed by atoms with Gasteiger partial charge in [0.2, 0.25) is 0 Å². The molecule has 0 N–H and O–H groups in total. The fraction of sp³-hybridized carbons (Fsp3) is 0.385. The molecule has 0 unspecified atom stereocenters. The predicted molar refractivity (Wildman–Crippen MR) is 60.7 cm³/mol. The van der Waals surface area contributed by atoms with Crippen LogP contribution < -0.4 is 0 Å². The van der Waals surface area contributed by atoms with Crippen molar-refractivity contribution in [1.82, 2.24) is 4.90 Å². The number of carbonyl (C=O) groups excluding carboxylic acids is 1. The van der Waals surface area contributed by atoms with Crippen LogP contribution >= 0.6 is 0 Å². The highest BCUT2D eigenvalue weighted by molar-refractivity contribution is 5.81. The molecule has 0 amide bonds. The third kappa shape index (κ3) is 2.68. The molecule has 2 rings (SSSR count). The van der Waals surface area contributed by atoms with Crippen molar-refractivity contribution in [3.8, 4) is 6.07 Å². The number of likely N-dealkylation sites (tertiary alicyclic amines) is 1. The van der Waals surface area contributed by atoms with E-state index in [1.807, 2.05) is 18.2 Å². The average Bonchev–Trinajstić information content (AvgIpc) is 2.29. The molecule has 1 aliphatic heterocycles. The highest BCUT2D eigenvalue weighted by Gasteiger charge is 2.16. The molecule has 0 atom stereocenters. The van der Waals surface area contributed by atoms with Crippen LogP contribution in [0.25, 0.3) is 0 Å². The van der Waals surface area contributed by atoms with Crippen LogP contribution in [0.1, 0.15) is 24.0 Å². The van der Waals surface area contributed by atoms with Crippen molar-refractivity contribution < 1.29 is 4.79 Å². The first-order valence-corrected chi connectivity index (χ1v) is 5.51. The van der Waals surface area contributed by atoms with Crippen molar-refractivity contribution in [1.29, 1.82) is 5.26 Å². The van der Waals surface area contributed by atoms with Crippen molar-refractivity contribution in [2.24, 2.45) is 0 Å². The number of nitrogens with zero attached hydrogens (tertiary/aromatic N) is 2. The van der Waals surface area contributed by atoms with Gasteiger partial charge in [-0.25, -0.2) is 0 Å². The summed E-state index contributed by atoms with van der Waals surface area (Å²) >= 11 is 0. The van der Waals surface area contributed by atoms with Gasteiger partial charge in [0.1, 0.15) is 5.78 Å². The summed E-state index contributed by atoms with van der Waals surface area (Å²) in [6, 6.07) is 9.70. The normalized spacial score (nSPS) is 17.1. The number of rotatable bonds is 2. The van der Waals surface area contributed by atoms with E-state index in [1.165, 1.54) is 0 Å². The van der Waals surface area contributed by atoms with E-state index in [0.717, 1.165) is 25.1 Å². The molecule has 1 fully saturated rings. The standard InChI is InChI=1S/C13H14N2O/c14-8-11-3-1-4-12(7-11)9-15-6-2-5-13(16)10-15/h1,3-4,7H,2,5-6,9-10H2. The largest absolute Gasteiger partial charge is 0.298 e. The van der Waals surface area contributed by atoms with Gasteiger partial charge in [-0.1, -0.05) is 12.1 Å². The maximum Gasteiger partial charge on any atom is 0.146 e. The van der Waals surface area contributed by atoms with Gasteiger partial charge in [0.15, 0.2) is 0 Å². The van der Waals surface area contributed by atoms with Crippen LogP contribution in [0.15, 0.2) is 24.3 Å². The number of hydrogen-bond acceptors (Lipinski definition) is 3. The van der Waals surface area contributed by atoms with Crippen molar-refractivity contribution in [2.45, 2.75) is 19.4 Å². The molecule has 82 valence electrons. The molecule has 0 bridgehead atoms. The third-order valence-corrected chi connectivity index (χ3v) is 2.79. The lowest BCUT2D eigenvalue weighted by molar-refractivity contribution is -0.122. The Balaban J connectivity index is 2.03. The zero-order valence-electron chi connectivity index (χ0n) is 9.15. The number of carbonyl (C=O) groups is 1. The molecule has 0 aliphatic carbocycles. The topological polar surface area (TPSA) is 44.1 Å². The van der Waals surface area contributed by atoms with Crippen LogP contribution in [0.2, 0.25) is 0 Å². The smallest absolute Gasteiger partial charge is 0.146 e. The monoisotopic (exact) mass is 214 g/mol. The first-order chi connectivity index (χ1) is 7.78. The lowest BCUT2D eigenvalue weighted by Crippen LogP contribution is -2.34. The molecular weight excluding hydrogens is 200 g/mol. The number of Topliss-reactive ketones (excluding diaryl/α,β-unsaturated/α-hetero) is 1. The maximum absolute atomic E-state index is 11.3. The molecule has 0 saturated carbocycles. The Morgan fingerprint density at radius 2 is 2.31 bits per heavy atom. The van der Waals surface area contributed by atoms with E-state index >= 15 is 0 Å². The van der Waals surface area contributed by atoms with Gasteiger partial charge in [0.05, 0.1) is 18.2 Å². The molecule has 3 heteroatoms. The molecule has 0 spiro atoms. The Morgan fingerprint density at radius 3 is 3.06 bits per heavy atom. The minimum Gasteiger partial charge on any atom is -0.298 e. The van der Waals surface area contributed by atoms with E-state index < -0.39 is 0 Å². The summed E-state index contributed by atoms with van der Waals surface area (Å²) in [5.41, 5.74) is 1.79. The Hall–Kier alpha value is -1.66. The summed E-state index contributed by atoms with van der Waals surface area (Å²) in [6.45, 7) is 2.29. The van der Waals surface area contributed by atoms with E-state index in [9.17, 15) is 4.79 Å². The molecule has 1 aliphatic rings. The van der Waals surface area contributed by atoms with Gasteiger partial charge in [-0.15, -0.1) is 0 Å². The average molecular weight is 214 g/mol. The quantitative estimate of drug-likeness (QED) is 0.753. The zero-order valence-corrected chi connectivity index (χ0v) is 9.15. The van der Waals surface area contributed by atoms with Gasteiger partial charge in [0.25, 0.3) is 0 Å². The van der Waals surface area contributed by atoms with Crippen LogP contribution in [0.3, 0.4) is 0 Å². The Labute approximate surface area is 95.3 Å². The molecule has 0 aromatic heterocycles. The second kappa shape index (κ2) is 4.91. The highest BCUT2D eigenvalue weighted by Crippen LogP contribution is 2.12. The predicted octanol–water partition coefficient (Wildman–Crippen LogP) is 1.72. The van der Waals surface area contributed by atoms with Gasteiger partial charge >= 0.3 is 0 Å². The zero-order chi connectivity index (χ0) is 11.4. The first-order valence-electron chi connectivity index (χ1n) is 5.51. The Morgan fingerprint density at radius 1 is 1.44 bits per heavy atom. The highest BCUT2D eigenvalue weighted by atomic mass is 16.1. The number of hydrogen-bond donors (Lipinski definition) is 0. The SMILES string of the molecule is N#Cc1cccc(CN2CCCC(=O)C2)c1. The Bertz CT molecular complexity index is 434. The van der Waals surface area contributed by atoms with Gasteiger partial charge in [-0.3, -0.25) is 9.69 Å². The molecule has 3 nitrogen and oxygen atoms in total. The van der Waals surface area contributed by atoms with Crippen molar-refractivity contribution >= 4 is 5.78 Å². The molecule has 0 radical (unpaired) electrons. The maximum atomic E-state index is 11.3. The van der Waals surface area contributed by atoms with Crippen LogP contribution in [0.4, 0.5) is 0 Å². The summed E-state index contributed by atoms with van der Waals surface area (Å²) < 4.78 is 0. The van der Waals surface area contributed by atoms with E-state index in [2.05, 4.69) is 11.0 Å². The number of piperidine rings is 1. The molecule has 1 aromatic carbocycles. The minimum absolute atomic E-state index is 0.322. The number of nitriles is 1. The summed E-state index contributed by atoms with van der Waals surface area (Å²) in [4.78, 5) is 13.4. The molecule has 1 aromatic rings. The molecule has 1 heterocycles. The summed E-state index contributed by atoms with van der Waals surface area (Å²) in [6.07, 6.45) is 1.67. The van der Waals surface area contributed by atoms with Gasteiger partial charge in [-0.2, -0.15) is 5.26 Å². The third-order valence-electron chi connectivity index (χ3n) is 2.79. The molecule has 16 heavy (non-hydrogen) atoms. The summed E-state index contributed by atoms with van der Waals surface area (Å²) in [7, 11) is 0. The molecule has 1 saturated heterocycles. The lowest BCUT2D eigenvalue weighted by atomic mass is 10.1. The van der Waals surface area contributed by atoms with Crippen LogP contribution in [0, 0.1) is 11.3 Å².